The van der Waals surface area contributed by atoms with Gasteiger partial charge in [0, 0.05) is 4.47 Å². The third-order valence-electron chi connectivity index (χ3n) is 2.49. The molecule has 0 aliphatic heterocycles. The van der Waals surface area contributed by atoms with Crippen LogP contribution in [0.25, 0.3) is 0 Å². The molecule has 0 fully saturated rings. The summed E-state index contributed by atoms with van der Waals surface area (Å²) in [4.78, 5) is -0.280. The molecule has 0 radical (unpaired) electrons. The Morgan fingerprint density at radius 1 is 1.14 bits per heavy atom. The average molecular weight is 414 g/mol. The number of rotatable bonds is 3. The van der Waals surface area contributed by atoms with E-state index in [0.29, 0.717) is 4.47 Å². The van der Waals surface area contributed by atoms with Gasteiger partial charge in [0.05, 0.1) is 21.4 Å². The molecule has 0 heterocycles. The maximum Gasteiger partial charge on any atom is 0.264 e. The Hall–Kier alpha value is -1.02. The largest absolute Gasteiger partial charge is 0.397 e. The van der Waals surface area contributed by atoms with Gasteiger partial charge in [-0.2, -0.15) is 0 Å². The van der Waals surface area contributed by atoms with Crippen molar-refractivity contribution in [2.24, 2.45) is 0 Å². The molecule has 9 heteroatoms. The van der Waals surface area contributed by atoms with E-state index in [-0.39, 0.29) is 26.3 Å². The van der Waals surface area contributed by atoms with Gasteiger partial charge in [-0.3, -0.25) is 4.72 Å². The molecule has 0 saturated heterocycles. The number of halogens is 4. The minimum atomic E-state index is -4.06. The van der Waals surface area contributed by atoms with Gasteiger partial charge >= 0.3 is 0 Å². The fraction of sp³-hybridized carbons (Fsp3) is 0. The molecule has 112 valence electrons. The first-order chi connectivity index (χ1) is 9.70. The molecule has 0 spiro atoms. The van der Waals surface area contributed by atoms with E-state index in [1.54, 1.807) is 0 Å². The molecule has 0 saturated carbocycles. The van der Waals surface area contributed by atoms with Crippen LogP contribution in [0.1, 0.15) is 0 Å². The topological polar surface area (TPSA) is 72.2 Å². The van der Waals surface area contributed by atoms with Crippen molar-refractivity contribution in [2.75, 3.05) is 10.5 Å². The van der Waals surface area contributed by atoms with Gasteiger partial charge in [0.15, 0.2) is 0 Å². The van der Waals surface area contributed by atoms with Gasteiger partial charge in [-0.25, -0.2) is 12.8 Å². The van der Waals surface area contributed by atoms with Crippen molar-refractivity contribution in [2.45, 2.75) is 4.90 Å². The number of anilines is 2. The number of hydrogen-bond donors (Lipinski definition) is 2. The van der Waals surface area contributed by atoms with Crippen LogP contribution in [0.3, 0.4) is 0 Å². The lowest BCUT2D eigenvalue weighted by Crippen LogP contribution is -2.15. The fourth-order valence-corrected chi connectivity index (χ4v) is 4.63. The Kier molecular flexibility index (Phi) is 4.67. The molecular formula is C12H8BrCl2FN2O2S. The van der Waals surface area contributed by atoms with E-state index in [1.807, 2.05) is 0 Å². The van der Waals surface area contributed by atoms with Crippen LogP contribution in [0.5, 0.6) is 0 Å². The second-order valence-corrected chi connectivity index (χ2v) is 7.38. The maximum absolute atomic E-state index is 13.0. The number of hydrogen-bond acceptors (Lipinski definition) is 3. The van der Waals surface area contributed by atoms with Gasteiger partial charge in [-0.05, 0) is 30.3 Å². The molecule has 0 atom stereocenters. The zero-order valence-electron chi connectivity index (χ0n) is 10.2. The Morgan fingerprint density at radius 3 is 2.24 bits per heavy atom. The molecule has 2 aromatic rings. The van der Waals surface area contributed by atoms with Crippen molar-refractivity contribution in [3.8, 4) is 0 Å². The predicted octanol–water partition coefficient (Wildman–Crippen LogP) is 4.28. The summed E-state index contributed by atoms with van der Waals surface area (Å²) in [7, 11) is -4.06. The predicted molar refractivity (Wildman–Crippen MR) is 85.8 cm³/mol. The Balaban J connectivity index is 2.48. The lowest BCUT2D eigenvalue weighted by molar-refractivity contribution is 0.601. The van der Waals surface area contributed by atoms with E-state index < -0.39 is 15.8 Å². The van der Waals surface area contributed by atoms with Crippen LogP contribution in [0, 0.1) is 5.82 Å². The molecule has 3 N–H and O–H groups in total. The number of nitrogens with one attached hydrogen (secondary N) is 1. The Bertz CT molecular complexity index is 792. The molecule has 0 unspecified atom stereocenters. The summed E-state index contributed by atoms with van der Waals surface area (Å²) >= 11 is 15.0. The van der Waals surface area contributed by atoms with Crippen LogP contribution in [-0.4, -0.2) is 8.42 Å². The number of sulfonamides is 1. The molecule has 0 amide bonds. The van der Waals surface area contributed by atoms with Crippen molar-refractivity contribution in [1.29, 1.82) is 0 Å². The van der Waals surface area contributed by atoms with Crippen molar-refractivity contribution in [3.63, 3.8) is 0 Å². The summed E-state index contributed by atoms with van der Waals surface area (Å²) in [6.07, 6.45) is 0. The second-order valence-electron chi connectivity index (χ2n) is 4.04. The minimum absolute atomic E-state index is 0.0338. The molecular weight excluding hydrogens is 406 g/mol. The van der Waals surface area contributed by atoms with E-state index in [9.17, 15) is 12.8 Å². The van der Waals surface area contributed by atoms with Crippen molar-refractivity contribution < 1.29 is 12.8 Å². The summed E-state index contributed by atoms with van der Waals surface area (Å²) in [6.45, 7) is 0. The average Bonchev–Trinajstić information content (AvgIpc) is 2.30. The van der Waals surface area contributed by atoms with Gasteiger partial charge in [-0.1, -0.05) is 39.1 Å². The standard InChI is InChI=1S/C12H8BrCl2FN2O2S/c13-6-3-8(14)12(9(15)4-6)21(19,20)18-11-2-1-7(16)5-10(11)17/h1-5,18H,17H2. The SMILES string of the molecule is Nc1cc(F)ccc1NS(=O)(=O)c1c(Cl)cc(Br)cc1Cl. The lowest BCUT2D eigenvalue weighted by atomic mass is 10.3. The zero-order valence-corrected chi connectivity index (χ0v) is 14.1. The number of nitrogen functional groups attached to an aromatic ring is 1. The van der Waals surface area contributed by atoms with E-state index in [2.05, 4.69) is 20.7 Å². The number of benzene rings is 2. The van der Waals surface area contributed by atoms with Gasteiger partial charge in [0.25, 0.3) is 10.0 Å². The molecule has 0 aliphatic rings. The first kappa shape index (κ1) is 16.4. The van der Waals surface area contributed by atoms with Crippen LogP contribution in [-0.2, 0) is 10.0 Å². The fourth-order valence-electron chi connectivity index (χ4n) is 1.61. The first-order valence-electron chi connectivity index (χ1n) is 5.43. The third kappa shape index (κ3) is 3.60. The third-order valence-corrected chi connectivity index (χ3v) is 5.23. The van der Waals surface area contributed by atoms with E-state index in [4.69, 9.17) is 28.9 Å². The van der Waals surface area contributed by atoms with Crippen molar-refractivity contribution >= 4 is 60.5 Å². The second kappa shape index (κ2) is 6.00. The highest BCUT2D eigenvalue weighted by Gasteiger charge is 2.23. The van der Waals surface area contributed by atoms with E-state index in [1.165, 1.54) is 18.2 Å². The summed E-state index contributed by atoms with van der Waals surface area (Å²) in [5, 5.41) is -0.106. The summed E-state index contributed by atoms with van der Waals surface area (Å²) in [5.74, 6) is -0.574. The highest BCUT2D eigenvalue weighted by atomic mass is 79.9. The molecule has 0 bridgehead atoms. The summed E-state index contributed by atoms with van der Waals surface area (Å²) in [6, 6.07) is 6.09. The van der Waals surface area contributed by atoms with Crippen LogP contribution in [0.2, 0.25) is 10.0 Å². The summed E-state index contributed by atoms with van der Waals surface area (Å²) in [5.41, 5.74) is 5.55. The minimum Gasteiger partial charge on any atom is -0.397 e. The number of nitrogens with two attached hydrogens (primary N) is 1. The zero-order chi connectivity index (χ0) is 15.8. The van der Waals surface area contributed by atoms with E-state index >= 15 is 0 Å². The van der Waals surface area contributed by atoms with Crippen LogP contribution in [0.15, 0.2) is 39.7 Å². The first-order valence-corrected chi connectivity index (χ1v) is 8.46. The quantitative estimate of drug-likeness (QED) is 0.737. The smallest absolute Gasteiger partial charge is 0.264 e. The molecule has 2 rings (SSSR count). The Morgan fingerprint density at radius 2 is 1.71 bits per heavy atom. The van der Waals surface area contributed by atoms with Gasteiger partial charge in [-0.15, -0.1) is 0 Å². The lowest BCUT2D eigenvalue weighted by Gasteiger charge is -2.13. The van der Waals surface area contributed by atoms with Crippen molar-refractivity contribution in [1.82, 2.24) is 0 Å². The molecule has 2 aromatic carbocycles. The van der Waals surface area contributed by atoms with Crippen LogP contribution in [0.4, 0.5) is 15.8 Å². The normalized spacial score (nSPS) is 11.4. The molecule has 0 aromatic heterocycles. The maximum atomic E-state index is 13.0. The molecule has 0 aliphatic carbocycles. The van der Waals surface area contributed by atoms with Gasteiger partial charge in [0.2, 0.25) is 0 Å². The highest BCUT2D eigenvalue weighted by Crippen LogP contribution is 2.34. The van der Waals surface area contributed by atoms with Crippen LogP contribution < -0.4 is 10.5 Å². The molecule has 21 heavy (non-hydrogen) atoms. The molecule has 4 nitrogen and oxygen atoms in total. The summed E-state index contributed by atoms with van der Waals surface area (Å²) < 4.78 is 40.4. The van der Waals surface area contributed by atoms with Crippen LogP contribution >= 0.6 is 39.1 Å². The van der Waals surface area contributed by atoms with Gasteiger partial charge in [0.1, 0.15) is 10.7 Å². The monoisotopic (exact) mass is 412 g/mol. The highest BCUT2D eigenvalue weighted by molar-refractivity contribution is 9.10. The Labute approximate surface area is 139 Å². The van der Waals surface area contributed by atoms with Crippen molar-refractivity contribution in [3.05, 3.63) is 50.7 Å². The van der Waals surface area contributed by atoms with E-state index in [0.717, 1.165) is 12.1 Å². The van der Waals surface area contributed by atoms with Gasteiger partial charge < -0.3 is 5.73 Å².